The molecule has 2 heterocycles. The van der Waals surface area contributed by atoms with Crippen molar-refractivity contribution in [3.8, 4) is 5.75 Å². The van der Waals surface area contributed by atoms with Gasteiger partial charge >= 0.3 is 6.03 Å². The molecule has 0 aromatic heterocycles. The summed E-state index contributed by atoms with van der Waals surface area (Å²) in [6, 6.07) is 7.15. The molecule has 2 aliphatic heterocycles. The van der Waals surface area contributed by atoms with Gasteiger partial charge in [0.2, 0.25) is 0 Å². The highest BCUT2D eigenvalue weighted by Crippen LogP contribution is 2.26. The molecule has 1 saturated heterocycles. The first-order chi connectivity index (χ1) is 12.5. The fourth-order valence-electron chi connectivity index (χ4n) is 3.41. The Kier molecular flexibility index (Phi) is 5.83. The van der Waals surface area contributed by atoms with E-state index in [-0.39, 0.29) is 17.8 Å². The number of sulfone groups is 1. The Balaban J connectivity index is 1.60. The Hall–Kier alpha value is -2.06. The maximum absolute atomic E-state index is 12.2. The number of urea groups is 1. The summed E-state index contributed by atoms with van der Waals surface area (Å²) in [5, 5.41) is 6.74. The molecule has 0 aliphatic carbocycles. The van der Waals surface area contributed by atoms with E-state index in [0.29, 0.717) is 6.54 Å². The molecule has 0 spiro atoms. The van der Waals surface area contributed by atoms with Crippen LogP contribution in [-0.4, -0.2) is 57.9 Å². The standard InChI is InChI=1S/C18H25N3O4S/c1-25-16-6-4-14(5-7-16)17(21-9-2-3-10-21)12-19-18(22)20-15-8-11-26(23,24)13-15/h4-8,11,15,17H,2-3,9-10,12-13H2,1H3,(H2,19,20,22)/t15-,17-/m1/s1. The number of nitrogens with zero attached hydrogens (tertiary/aromatic N) is 1. The number of nitrogens with one attached hydrogen (secondary N) is 2. The lowest BCUT2D eigenvalue weighted by molar-refractivity contribution is 0.220. The molecule has 2 N–H and O–H groups in total. The van der Waals surface area contributed by atoms with Crippen LogP contribution in [0.15, 0.2) is 35.7 Å². The number of amides is 2. The van der Waals surface area contributed by atoms with Gasteiger partial charge in [0, 0.05) is 12.0 Å². The van der Waals surface area contributed by atoms with Crippen molar-refractivity contribution in [1.82, 2.24) is 15.5 Å². The van der Waals surface area contributed by atoms with Crippen molar-refractivity contribution >= 4 is 15.9 Å². The number of hydrogen-bond donors (Lipinski definition) is 2. The number of rotatable bonds is 6. The third-order valence-corrected chi connectivity index (χ3v) is 6.18. The fourth-order valence-corrected chi connectivity index (χ4v) is 4.65. The largest absolute Gasteiger partial charge is 0.497 e. The molecule has 2 aliphatic rings. The van der Waals surface area contributed by atoms with E-state index in [4.69, 9.17) is 4.74 Å². The number of hydrogen-bond acceptors (Lipinski definition) is 5. The predicted octanol–water partition coefficient (Wildman–Crippen LogP) is 1.44. The molecule has 7 nitrogen and oxygen atoms in total. The second kappa shape index (κ2) is 8.09. The predicted molar refractivity (Wildman–Crippen MR) is 99.8 cm³/mol. The van der Waals surface area contributed by atoms with E-state index < -0.39 is 15.9 Å². The first-order valence-corrected chi connectivity index (χ1v) is 10.5. The maximum Gasteiger partial charge on any atom is 0.315 e. The first kappa shape index (κ1) is 18.7. The lowest BCUT2D eigenvalue weighted by Crippen LogP contribution is -2.45. The average molecular weight is 379 g/mol. The lowest BCUT2D eigenvalue weighted by atomic mass is 10.1. The van der Waals surface area contributed by atoms with E-state index in [2.05, 4.69) is 15.5 Å². The Morgan fingerprint density at radius 2 is 1.96 bits per heavy atom. The van der Waals surface area contributed by atoms with Gasteiger partial charge in [-0.1, -0.05) is 12.1 Å². The van der Waals surface area contributed by atoms with E-state index in [1.54, 1.807) is 7.11 Å². The number of ether oxygens (including phenoxy) is 1. The summed E-state index contributed by atoms with van der Waals surface area (Å²) in [6.07, 6.45) is 3.82. The van der Waals surface area contributed by atoms with Crippen molar-refractivity contribution in [2.75, 3.05) is 32.5 Å². The summed E-state index contributed by atoms with van der Waals surface area (Å²) in [5.74, 6) is 0.725. The summed E-state index contributed by atoms with van der Waals surface area (Å²) < 4.78 is 28.1. The smallest absolute Gasteiger partial charge is 0.315 e. The fraction of sp³-hybridized carbons (Fsp3) is 0.500. The highest BCUT2D eigenvalue weighted by atomic mass is 32.2. The van der Waals surface area contributed by atoms with Gasteiger partial charge in [-0.15, -0.1) is 0 Å². The van der Waals surface area contributed by atoms with Crippen LogP contribution in [-0.2, 0) is 9.84 Å². The Morgan fingerprint density at radius 3 is 2.54 bits per heavy atom. The zero-order valence-electron chi connectivity index (χ0n) is 14.8. The van der Waals surface area contributed by atoms with E-state index in [0.717, 1.165) is 42.7 Å². The van der Waals surface area contributed by atoms with Crippen LogP contribution in [0.5, 0.6) is 5.75 Å². The van der Waals surface area contributed by atoms with E-state index in [1.807, 2.05) is 24.3 Å². The van der Waals surface area contributed by atoms with Gasteiger partial charge in [0.25, 0.3) is 0 Å². The molecule has 3 rings (SSSR count). The van der Waals surface area contributed by atoms with Crippen molar-refractivity contribution in [1.29, 1.82) is 0 Å². The van der Waals surface area contributed by atoms with Gasteiger partial charge in [-0.3, -0.25) is 4.90 Å². The first-order valence-electron chi connectivity index (χ1n) is 8.80. The summed E-state index contributed by atoms with van der Waals surface area (Å²) in [7, 11) is -1.54. The van der Waals surface area contributed by atoms with Gasteiger partial charge < -0.3 is 15.4 Å². The maximum atomic E-state index is 12.2. The second-order valence-corrected chi connectivity index (χ2v) is 8.58. The van der Waals surface area contributed by atoms with Crippen molar-refractivity contribution in [3.63, 3.8) is 0 Å². The molecule has 142 valence electrons. The summed E-state index contributed by atoms with van der Waals surface area (Å²) >= 11 is 0. The van der Waals surface area contributed by atoms with Gasteiger partial charge in [0.1, 0.15) is 5.75 Å². The number of carbonyl (C=O) groups is 1. The average Bonchev–Trinajstić information content (AvgIpc) is 3.25. The molecule has 1 aromatic rings. The van der Waals surface area contributed by atoms with Crippen molar-refractivity contribution in [3.05, 3.63) is 41.3 Å². The van der Waals surface area contributed by atoms with Gasteiger partial charge in [-0.25, -0.2) is 13.2 Å². The van der Waals surface area contributed by atoms with Crippen LogP contribution in [0.2, 0.25) is 0 Å². The van der Waals surface area contributed by atoms with E-state index >= 15 is 0 Å². The Labute approximate surface area is 154 Å². The van der Waals surface area contributed by atoms with Gasteiger partial charge in [-0.05, 0) is 49.7 Å². The highest BCUT2D eigenvalue weighted by Gasteiger charge is 2.26. The Bertz CT molecular complexity index is 755. The number of methoxy groups -OCH3 is 1. The normalized spacial score (nSPS) is 22.9. The molecule has 0 unspecified atom stereocenters. The quantitative estimate of drug-likeness (QED) is 0.781. The monoisotopic (exact) mass is 379 g/mol. The topological polar surface area (TPSA) is 87.7 Å². The molecule has 0 saturated carbocycles. The van der Waals surface area contributed by atoms with Gasteiger partial charge in [-0.2, -0.15) is 0 Å². The van der Waals surface area contributed by atoms with Crippen LogP contribution < -0.4 is 15.4 Å². The minimum Gasteiger partial charge on any atom is -0.497 e. The van der Waals surface area contributed by atoms with Crippen LogP contribution in [0.1, 0.15) is 24.4 Å². The zero-order chi connectivity index (χ0) is 18.6. The summed E-state index contributed by atoms with van der Waals surface area (Å²) in [4.78, 5) is 14.5. The minimum atomic E-state index is -3.18. The van der Waals surface area contributed by atoms with Crippen LogP contribution >= 0.6 is 0 Å². The summed E-state index contributed by atoms with van der Waals surface area (Å²) in [6.45, 7) is 2.47. The minimum absolute atomic E-state index is 0.0749. The van der Waals surface area contributed by atoms with Crippen LogP contribution in [0, 0.1) is 0 Å². The molecular formula is C18H25N3O4S. The van der Waals surface area contributed by atoms with Crippen molar-refractivity contribution in [2.24, 2.45) is 0 Å². The second-order valence-electron chi connectivity index (χ2n) is 6.65. The molecule has 2 amide bonds. The molecule has 1 fully saturated rings. The van der Waals surface area contributed by atoms with Crippen molar-refractivity contribution < 1.29 is 17.9 Å². The van der Waals surface area contributed by atoms with Gasteiger partial charge in [0.05, 0.1) is 24.9 Å². The molecule has 1 aromatic carbocycles. The lowest BCUT2D eigenvalue weighted by Gasteiger charge is -2.28. The third kappa shape index (κ3) is 4.76. The number of carbonyl (C=O) groups excluding carboxylic acids is 1. The van der Waals surface area contributed by atoms with Crippen LogP contribution in [0.3, 0.4) is 0 Å². The van der Waals surface area contributed by atoms with Crippen LogP contribution in [0.25, 0.3) is 0 Å². The molecule has 26 heavy (non-hydrogen) atoms. The summed E-state index contributed by atoms with van der Waals surface area (Å²) in [5.41, 5.74) is 1.12. The Morgan fingerprint density at radius 1 is 1.27 bits per heavy atom. The highest BCUT2D eigenvalue weighted by molar-refractivity contribution is 7.94. The third-order valence-electron chi connectivity index (χ3n) is 4.78. The van der Waals surface area contributed by atoms with E-state index in [1.165, 1.54) is 6.08 Å². The van der Waals surface area contributed by atoms with Crippen LogP contribution in [0.4, 0.5) is 4.79 Å². The number of benzene rings is 1. The number of likely N-dealkylation sites (tertiary alicyclic amines) is 1. The molecule has 8 heteroatoms. The SMILES string of the molecule is COc1ccc([C@@H](CNC(=O)N[C@@H]2C=CS(=O)(=O)C2)N2CCCC2)cc1. The van der Waals surface area contributed by atoms with Gasteiger partial charge in [0.15, 0.2) is 9.84 Å². The molecule has 2 atom stereocenters. The molecular weight excluding hydrogens is 354 g/mol. The zero-order valence-corrected chi connectivity index (χ0v) is 15.7. The molecule has 0 bridgehead atoms. The van der Waals surface area contributed by atoms with E-state index in [9.17, 15) is 13.2 Å². The molecule has 0 radical (unpaired) electrons. The van der Waals surface area contributed by atoms with Crippen molar-refractivity contribution in [2.45, 2.75) is 24.9 Å².